The molecule has 5 amide bonds. The average molecular weight is 1120 g/mol. The number of thiazole rings is 1. The van der Waals surface area contributed by atoms with Crippen LogP contribution < -0.4 is 26.0 Å². The zero-order valence-electron chi connectivity index (χ0n) is 45.5. The number of nitrogens with one attached hydrogen (secondary N) is 4. The Morgan fingerprint density at radius 1 is 0.810 bits per heavy atom. The summed E-state index contributed by atoms with van der Waals surface area (Å²) in [5.74, 6) is -2.82. The number of hydrogen-bond donors (Lipinski definition) is 5. The van der Waals surface area contributed by atoms with Gasteiger partial charge in [-0.3, -0.25) is 24.0 Å². The summed E-state index contributed by atoms with van der Waals surface area (Å²) in [7, 11) is 1.48. The molecule has 0 bridgehead atoms. The highest BCUT2D eigenvalue weighted by atomic mass is 32.1. The molecule has 1 saturated heterocycles. The third-order valence-corrected chi connectivity index (χ3v) is 14.5. The molecule has 2 aliphatic rings. The first-order valence-corrected chi connectivity index (χ1v) is 27.4. The van der Waals surface area contributed by atoms with E-state index in [1.165, 1.54) is 18.2 Å². The minimum atomic E-state index is -4.17. The van der Waals surface area contributed by atoms with Crippen LogP contribution in [0.2, 0.25) is 0 Å². The van der Waals surface area contributed by atoms with Crippen LogP contribution in [0.3, 0.4) is 0 Å². The maximum absolute atomic E-state index is 13.9. The minimum Gasteiger partial charge on any atom is -0.495 e. The molecule has 5 N–H and O–H groups in total. The molecule has 2 aromatic carbocycles. The molecular weight excluding hydrogens is 1050 g/mol. The second-order valence-electron chi connectivity index (χ2n) is 20.7. The van der Waals surface area contributed by atoms with Crippen LogP contribution >= 0.6 is 11.3 Å². The molecule has 1 saturated carbocycles. The number of aliphatic hydroxyl groups is 1. The molecule has 22 heteroatoms. The molecule has 3 heterocycles. The van der Waals surface area contributed by atoms with Crippen LogP contribution in [0.15, 0.2) is 72.4 Å². The number of nitrogens with zero attached hydrogens (tertiary/aromatic N) is 3. The molecule has 6 rings (SSSR count). The van der Waals surface area contributed by atoms with Crippen molar-refractivity contribution in [2.24, 2.45) is 17.3 Å². The first-order chi connectivity index (χ1) is 37.8. The number of halogens is 3. The number of likely N-dealkylation sites (tertiary alicyclic amines) is 1. The van der Waals surface area contributed by atoms with Crippen molar-refractivity contribution in [3.63, 3.8) is 0 Å². The van der Waals surface area contributed by atoms with Gasteiger partial charge in [-0.1, -0.05) is 81.5 Å². The summed E-state index contributed by atoms with van der Waals surface area (Å²) in [5.41, 5.74) is 6.23. The second kappa shape index (κ2) is 30.3. The molecule has 1 aliphatic carbocycles. The quantitative estimate of drug-likeness (QED) is 0.0390. The minimum absolute atomic E-state index is 0.00193. The van der Waals surface area contributed by atoms with Crippen LogP contribution in [-0.2, 0) is 57.6 Å². The fourth-order valence-corrected chi connectivity index (χ4v) is 10.0. The standard InChI is InChI=1S/C57H74F3N7O11S/c1-37-51(79-36-65-37)42-14-10-39(11-15-42)31-64-54(72)47-30-45(68)34-67(47)55(73)52(56(2,3)4)66-50(70)35-78-26-25-77-24-23-76-22-21-75-20-19-61-49(69)28-40-7-6-8-41(27-40)32-63-53(71)46-29-43(48(74-5)33-62-46)16-9-38-12-17-44(18-13-38)57(58,59)60/h6-11,14-16,27,29,33,36,38,44-45,47,52,68H,12-13,17-26,28,30-32,34-35H2,1-5H3,(H,61,69)(H,63,71)(H,64,72)(H,66,70)/b16-9+/t38?,44?,45-,47+,52?/m1/s1. The molecule has 2 aromatic heterocycles. The van der Waals surface area contributed by atoms with E-state index >= 15 is 0 Å². The fourth-order valence-electron chi connectivity index (χ4n) is 9.20. The van der Waals surface area contributed by atoms with Crippen LogP contribution in [0.5, 0.6) is 5.75 Å². The Kier molecular flexibility index (Phi) is 23.8. The molecule has 1 unspecified atom stereocenters. The largest absolute Gasteiger partial charge is 0.495 e. The van der Waals surface area contributed by atoms with Gasteiger partial charge in [0, 0.05) is 38.2 Å². The van der Waals surface area contributed by atoms with Crippen molar-refractivity contribution < 1.29 is 65.9 Å². The molecule has 430 valence electrons. The Hall–Kier alpha value is -6.30. The van der Waals surface area contributed by atoms with Gasteiger partial charge in [-0.2, -0.15) is 13.2 Å². The van der Waals surface area contributed by atoms with Gasteiger partial charge in [0.05, 0.1) is 94.1 Å². The van der Waals surface area contributed by atoms with E-state index in [1.807, 2.05) is 76.2 Å². The predicted molar refractivity (Wildman–Crippen MR) is 291 cm³/mol. The van der Waals surface area contributed by atoms with E-state index in [-0.39, 0.29) is 95.9 Å². The number of methoxy groups -OCH3 is 1. The molecule has 4 aromatic rings. The van der Waals surface area contributed by atoms with Gasteiger partial charge in [0.1, 0.15) is 30.1 Å². The maximum Gasteiger partial charge on any atom is 0.391 e. The van der Waals surface area contributed by atoms with Crippen molar-refractivity contribution in [2.75, 3.05) is 73.1 Å². The highest BCUT2D eigenvalue weighted by Crippen LogP contribution is 2.40. The zero-order valence-corrected chi connectivity index (χ0v) is 46.4. The molecule has 2 fully saturated rings. The number of ether oxygens (including phenoxy) is 5. The normalized spacial score (nSPS) is 18.1. The van der Waals surface area contributed by atoms with Gasteiger partial charge in [0.2, 0.25) is 23.6 Å². The second-order valence-corrected chi connectivity index (χ2v) is 21.5. The van der Waals surface area contributed by atoms with Gasteiger partial charge in [0.15, 0.2) is 0 Å². The third kappa shape index (κ3) is 19.8. The predicted octanol–water partition coefficient (Wildman–Crippen LogP) is 6.37. The Morgan fingerprint density at radius 2 is 1.47 bits per heavy atom. The molecule has 0 spiro atoms. The Morgan fingerprint density at radius 3 is 2.11 bits per heavy atom. The lowest BCUT2D eigenvalue weighted by molar-refractivity contribution is -0.183. The number of carbonyl (C=O) groups excluding carboxylic acids is 5. The number of amides is 5. The van der Waals surface area contributed by atoms with Crippen LogP contribution in [-0.4, -0.2) is 147 Å². The van der Waals surface area contributed by atoms with Crippen LogP contribution in [0.4, 0.5) is 13.2 Å². The van der Waals surface area contributed by atoms with Crippen molar-refractivity contribution >= 4 is 46.9 Å². The van der Waals surface area contributed by atoms with Gasteiger partial charge in [0.25, 0.3) is 5.91 Å². The van der Waals surface area contributed by atoms with Crippen molar-refractivity contribution in [1.29, 1.82) is 0 Å². The molecule has 1 aliphatic heterocycles. The Balaban J connectivity index is 0.783. The number of rotatable bonds is 28. The van der Waals surface area contributed by atoms with Crippen LogP contribution in [0.25, 0.3) is 16.5 Å². The average Bonchev–Trinajstić information content (AvgIpc) is 4.05. The molecular formula is C57H74F3N7O11S. The number of allylic oxidation sites excluding steroid dienone is 1. The maximum atomic E-state index is 13.9. The lowest BCUT2D eigenvalue weighted by atomic mass is 9.81. The Labute approximate surface area is 463 Å². The number of benzene rings is 2. The number of hydrogen-bond acceptors (Lipinski definition) is 14. The zero-order chi connectivity index (χ0) is 57.0. The van der Waals surface area contributed by atoms with Gasteiger partial charge in [-0.25, -0.2) is 9.97 Å². The topological polar surface area (TPSA) is 229 Å². The number of pyridine rings is 1. The summed E-state index contributed by atoms with van der Waals surface area (Å²) < 4.78 is 66.9. The highest BCUT2D eigenvalue weighted by Gasteiger charge is 2.45. The SMILES string of the molecule is COc1cnc(C(=O)NCc2cccc(CC(=O)NCCOCCOCCOCCOCC(=O)NC(C(=O)N3C[C@H](O)C[C@H]3C(=O)NCc3ccc(-c4scnc4C)cc3)C(C)(C)C)c2)cc1/C=C/C1CCC(C(F)(F)F)CC1. The fraction of sp³-hybridized carbons (Fsp3) is 0.526. The lowest BCUT2D eigenvalue weighted by Crippen LogP contribution is -2.58. The highest BCUT2D eigenvalue weighted by molar-refractivity contribution is 7.13. The summed E-state index contributed by atoms with van der Waals surface area (Å²) in [4.78, 5) is 77.0. The van der Waals surface area contributed by atoms with E-state index in [9.17, 15) is 42.3 Å². The summed E-state index contributed by atoms with van der Waals surface area (Å²) in [6.45, 7) is 9.51. The summed E-state index contributed by atoms with van der Waals surface area (Å²) in [5, 5.41) is 21.9. The van der Waals surface area contributed by atoms with E-state index in [0.29, 0.717) is 50.5 Å². The first kappa shape index (κ1) is 61.9. The van der Waals surface area contributed by atoms with Gasteiger partial charge in [-0.15, -0.1) is 11.3 Å². The Bertz CT molecular complexity index is 2660. The van der Waals surface area contributed by atoms with Crippen LogP contribution in [0.1, 0.15) is 91.3 Å². The smallest absolute Gasteiger partial charge is 0.391 e. The van der Waals surface area contributed by atoms with E-state index in [0.717, 1.165) is 32.8 Å². The molecule has 3 atom stereocenters. The van der Waals surface area contributed by atoms with Gasteiger partial charge >= 0.3 is 6.18 Å². The van der Waals surface area contributed by atoms with E-state index in [2.05, 4.69) is 31.2 Å². The van der Waals surface area contributed by atoms with E-state index in [1.54, 1.807) is 35.1 Å². The summed E-state index contributed by atoms with van der Waals surface area (Å²) in [6.07, 6.45) is 1.28. The monoisotopic (exact) mass is 1120 g/mol. The summed E-state index contributed by atoms with van der Waals surface area (Å²) in [6, 6.07) is 14.8. The molecule has 18 nitrogen and oxygen atoms in total. The molecule has 0 radical (unpaired) electrons. The first-order valence-electron chi connectivity index (χ1n) is 26.6. The number of aromatic nitrogens is 2. The number of carbonyl (C=O) groups is 5. The number of β-amino-alcohol motifs (C(OH)–C–C–N with tert-alkyl or cyclic N) is 1. The van der Waals surface area contributed by atoms with E-state index in [4.69, 9.17) is 23.7 Å². The van der Waals surface area contributed by atoms with Gasteiger partial charge in [-0.05, 0) is 72.3 Å². The molecule has 79 heavy (non-hydrogen) atoms. The number of alkyl halides is 3. The third-order valence-electron chi connectivity index (χ3n) is 13.6. The van der Waals surface area contributed by atoms with Crippen molar-refractivity contribution in [2.45, 2.75) is 104 Å². The number of aryl methyl sites for hydroxylation is 1. The number of aliphatic hydroxyl groups excluding tert-OH is 1. The summed E-state index contributed by atoms with van der Waals surface area (Å²) >= 11 is 1.56. The van der Waals surface area contributed by atoms with Crippen molar-refractivity contribution in [3.8, 4) is 16.2 Å². The lowest BCUT2D eigenvalue weighted by Gasteiger charge is -2.35. The van der Waals surface area contributed by atoms with Crippen molar-refractivity contribution in [3.05, 3.63) is 106 Å². The van der Waals surface area contributed by atoms with Crippen molar-refractivity contribution in [1.82, 2.24) is 36.1 Å². The van der Waals surface area contributed by atoms with Crippen LogP contribution in [0, 0.1) is 24.2 Å². The van der Waals surface area contributed by atoms with Gasteiger partial charge < -0.3 is 55.0 Å². The van der Waals surface area contributed by atoms with E-state index < -0.39 is 59.3 Å².